The number of ketones is 1. The van der Waals surface area contributed by atoms with Crippen LogP contribution >= 0.6 is 11.6 Å². The number of phenols is 1. The maximum Gasteiger partial charge on any atom is 0.149 e. The summed E-state index contributed by atoms with van der Waals surface area (Å²) in [4.78, 5) is 17.5. The van der Waals surface area contributed by atoms with Crippen molar-refractivity contribution in [3.8, 4) is 5.75 Å². The summed E-state index contributed by atoms with van der Waals surface area (Å²) in [5.41, 5.74) is 3.25. The highest BCUT2D eigenvalue weighted by Crippen LogP contribution is 2.42. The Bertz CT molecular complexity index is 966. The third-order valence-electron chi connectivity index (χ3n) is 4.75. The summed E-state index contributed by atoms with van der Waals surface area (Å²) in [6.07, 6.45) is 1.72. The van der Waals surface area contributed by atoms with Crippen LogP contribution in [0.2, 0.25) is 5.02 Å². The Morgan fingerprint density at radius 3 is 2.27 bits per heavy atom. The van der Waals surface area contributed by atoms with Gasteiger partial charge in [-0.25, -0.2) is 0 Å². The zero-order valence-electron chi connectivity index (χ0n) is 15.0. The first-order valence-corrected chi connectivity index (χ1v) is 8.74. The van der Waals surface area contributed by atoms with Crippen molar-refractivity contribution >= 4 is 17.4 Å². The van der Waals surface area contributed by atoms with Gasteiger partial charge in [0.1, 0.15) is 16.9 Å². The van der Waals surface area contributed by atoms with Gasteiger partial charge in [0.15, 0.2) is 0 Å². The number of benzene rings is 2. The number of hydrogen-bond acceptors (Lipinski definition) is 3. The Morgan fingerprint density at radius 1 is 1.00 bits per heavy atom. The number of phenolic OH excluding ortho intramolecular Hbond substituents is 1. The molecule has 0 aliphatic carbocycles. The fraction of sp³-hybridized carbons (Fsp3) is 0.182. The molecule has 0 aliphatic heterocycles. The van der Waals surface area contributed by atoms with Gasteiger partial charge in [-0.3, -0.25) is 9.78 Å². The number of nitrogens with zero attached hydrogens (tertiary/aromatic N) is 1. The van der Waals surface area contributed by atoms with E-state index in [9.17, 15) is 9.90 Å². The first-order chi connectivity index (χ1) is 12.4. The predicted octanol–water partition coefficient (Wildman–Crippen LogP) is 4.98. The van der Waals surface area contributed by atoms with Gasteiger partial charge in [-0.05, 0) is 79.4 Å². The van der Waals surface area contributed by atoms with Crippen molar-refractivity contribution < 1.29 is 9.90 Å². The number of Topliss-reactive ketones (excluding diaryl/α,β-unsaturated/α-hetero) is 1. The molecule has 0 bridgehead atoms. The van der Waals surface area contributed by atoms with Crippen molar-refractivity contribution in [1.29, 1.82) is 0 Å². The molecule has 1 aromatic heterocycles. The SMILES string of the molecule is CC(=O)[C@@](c1ccc(O)cc1)(c1ccnc(C)c1)c1ccc(Cl)cc1C. The molecule has 0 fully saturated rings. The van der Waals surface area contributed by atoms with Crippen LogP contribution in [-0.2, 0) is 10.2 Å². The van der Waals surface area contributed by atoms with Gasteiger partial charge in [-0.2, -0.15) is 0 Å². The first-order valence-electron chi connectivity index (χ1n) is 8.36. The van der Waals surface area contributed by atoms with E-state index in [4.69, 9.17) is 11.6 Å². The molecule has 0 radical (unpaired) electrons. The molecule has 4 heteroatoms. The van der Waals surface area contributed by atoms with Gasteiger partial charge in [0.05, 0.1) is 0 Å². The molecule has 3 rings (SSSR count). The molecule has 1 N–H and O–H groups in total. The zero-order valence-corrected chi connectivity index (χ0v) is 15.7. The van der Waals surface area contributed by atoms with Gasteiger partial charge < -0.3 is 5.11 Å². The van der Waals surface area contributed by atoms with Crippen LogP contribution in [0.25, 0.3) is 0 Å². The highest BCUT2D eigenvalue weighted by molar-refractivity contribution is 6.30. The number of hydrogen-bond donors (Lipinski definition) is 1. The van der Waals surface area contributed by atoms with Crippen LogP contribution in [0.5, 0.6) is 5.75 Å². The maximum absolute atomic E-state index is 13.2. The Morgan fingerprint density at radius 2 is 1.69 bits per heavy atom. The quantitative estimate of drug-likeness (QED) is 0.709. The Hall–Kier alpha value is -2.65. The Labute approximate surface area is 158 Å². The number of aromatic hydroxyl groups is 1. The van der Waals surface area contributed by atoms with E-state index in [1.807, 2.05) is 38.1 Å². The number of aromatic nitrogens is 1. The smallest absolute Gasteiger partial charge is 0.149 e. The molecule has 1 heterocycles. The minimum atomic E-state index is -1.00. The van der Waals surface area contributed by atoms with Crippen LogP contribution in [0.3, 0.4) is 0 Å². The predicted molar refractivity (Wildman–Crippen MR) is 104 cm³/mol. The Balaban J connectivity index is 2.43. The second-order valence-electron chi connectivity index (χ2n) is 6.50. The lowest BCUT2D eigenvalue weighted by molar-refractivity contribution is -0.119. The molecule has 2 aromatic carbocycles. The van der Waals surface area contributed by atoms with Gasteiger partial charge in [0.25, 0.3) is 0 Å². The summed E-state index contributed by atoms with van der Waals surface area (Å²) in [6.45, 7) is 5.45. The molecule has 1 atom stereocenters. The summed E-state index contributed by atoms with van der Waals surface area (Å²) in [5, 5.41) is 10.4. The number of carbonyl (C=O) groups excluding carboxylic acids is 1. The minimum absolute atomic E-state index is 0.0146. The lowest BCUT2D eigenvalue weighted by atomic mass is 9.66. The van der Waals surface area contributed by atoms with Crippen LogP contribution in [0.15, 0.2) is 60.8 Å². The van der Waals surface area contributed by atoms with Gasteiger partial charge >= 0.3 is 0 Å². The lowest BCUT2D eigenvalue weighted by Gasteiger charge is -2.35. The molecular weight excluding hydrogens is 346 g/mol. The number of pyridine rings is 1. The number of aryl methyl sites for hydroxylation is 2. The van der Waals surface area contributed by atoms with Gasteiger partial charge in [-0.15, -0.1) is 0 Å². The van der Waals surface area contributed by atoms with Crippen molar-refractivity contribution in [2.75, 3.05) is 0 Å². The first kappa shape index (κ1) is 18.2. The van der Waals surface area contributed by atoms with E-state index in [0.717, 1.165) is 27.9 Å². The van der Waals surface area contributed by atoms with E-state index in [1.54, 1.807) is 43.5 Å². The van der Waals surface area contributed by atoms with Gasteiger partial charge in [0, 0.05) is 16.9 Å². The second-order valence-corrected chi connectivity index (χ2v) is 6.93. The van der Waals surface area contributed by atoms with Crippen molar-refractivity contribution in [3.05, 3.63) is 93.8 Å². The molecule has 0 aliphatic rings. The molecular formula is C22H20ClNO2. The van der Waals surface area contributed by atoms with E-state index in [-0.39, 0.29) is 11.5 Å². The van der Waals surface area contributed by atoms with Gasteiger partial charge in [0.2, 0.25) is 0 Å². The average Bonchev–Trinajstić information content (AvgIpc) is 2.58. The molecule has 0 saturated carbocycles. The van der Waals surface area contributed by atoms with Crippen molar-refractivity contribution in [2.45, 2.75) is 26.2 Å². The Kier molecular flexibility index (Phi) is 4.84. The second kappa shape index (κ2) is 6.93. The van der Waals surface area contributed by atoms with E-state index >= 15 is 0 Å². The number of halogens is 1. The van der Waals surface area contributed by atoms with Crippen LogP contribution in [0.4, 0.5) is 0 Å². The highest BCUT2D eigenvalue weighted by Gasteiger charge is 2.42. The maximum atomic E-state index is 13.2. The van der Waals surface area contributed by atoms with Gasteiger partial charge in [-0.1, -0.05) is 29.8 Å². The third-order valence-corrected chi connectivity index (χ3v) is 4.99. The molecule has 0 unspecified atom stereocenters. The third kappa shape index (κ3) is 2.99. The monoisotopic (exact) mass is 365 g/mol. The van der Waals surface area contributed by atoms with E-state index in [2.05, 4.69) is 4.98 Å². The summed E-state index contributed by atoms with van der Waals surface area (Å²) in [7, 11) is 0. The largest absolute Gasteiger partial charge is 0.508 e. The molecule has 0 saturated heterocycles. The van der Waals surface area contributed by atoms with E-state index < -0.39 is 5.41 Å². The van der Waals surface area contributed by atoms with E-state index in [1.165, 1.54) is 0 Å². The number of carbonyl (C=O) groups is 1. The van der Waals surface area contributed by atoms with Crippen LogP contribution in [0, 0.1) is 13.8 Å². The van der Waals surface area contributed by atoms with Crippen molar-refractivity contribution in [2.24, 2.45) is 0 Å². The summed E-state index contributed by atoms with van der Waals surface area (Å²) in [5.74, 6) is 0.143. The molecule has 3 aromatic rings. The lowest BCUT2D eigenvalue weighted by Crippen LogP contribution is -2.37. The highest BCUT2D eigenvalue weighted by atomic mass is 35.5. The topological polar surface area (TPSA) is 50.2 Å². The average molecular weight is 366 g/mol. The van der Waals surface area contributed by atoms with Crippen molar-refractivity contribution in [1.82, 2.24) is 4.98 Å². The molecule has 3 nitrogen and oxygen atoms in total. The summed E-state index contributed by atoms with van der Waals surface area (Å²) >= 11 is 6.16. The zero-order chi connectivity index (χ0) is 18.9. The molecule has 0 spiro atoms. The summed E-state index contributed by atoms with van der Waals surface area (Å²) < 4.78 is 0. The van der Waals surface area contributed by atoms with Crippen LogP contribution in [0.1, 0.15) is 34.9 Å². The molecule has 0 amide bonds. The normalized spacial score (nSPS) is 13.2. The van der Waals surface area contributed by atoms with Crippen LogP contribution < -0.4 is 0 Å². The molecule has 26 heavy (non-hydrogen) atoms. The van der Waals surface area contributed by atoms with Crippen LogP contribution in [-0.4, -0.2) is 15.9 Å². The van der Waals surface area contributed by atoms with Crippen molar-refractivity contribution in [3.63, 3.8) is 0 Å². The number of rotatable bonds is 4. The van der Waals surface area contributed by atoms with E-state index in [0.29, 0.717) is 5.02 Å². The fourth-order valence-corrected chi connectivity index (χ4v) is 3.84. The minimum Gasteiger partial charge on any atom is -0.508 e. The molecule has 132 valence electrons. The summed E-state index contributed by atoms with van der Waals surface area (Å²) in [6, 6.07) is 16.2. The fourth-order valence-electron chi connectivity index (χ4n) is 3.61. The standard InChI is InChI=1S/C22H20ClNO2/c1-14-12-19(23)6-9-21(14)22(16(3)25,17-4-7-20(26)8-5-17)18-10-11-24-15(2)13-18/h4-13,26H,1-3H3/t22-/m1/s1.